The molecular weight excluding hydrogens is 572 g/mol. The van der Waals surface area contributed by atoms with Gasteiger partial charge in [-0.3, -0.25) is 4.79 Å². The van der Waals surface area contributed by atoms with Crippen LogP contribution in [0.5, 0.6) is 0 Å². The van der Waals surface area contributed by atoms with E-state index in [1.54, 1.807) is 7.05 Å². The molecule has 3 aliphatic rings. The van der Waals surface area contributed by atoms with Crippen molar-refractivity contribution >= 4 is 5.91 Å². The number of carbonyl (C=O) groups excluding carboxylic acids is 1. The van der Waals surface area contributed by atoms with Gasteiger partial charge in [-0.25, -0.2) is 0 Å². The van der Waals surface area contributed by atoms with Crippen molar-refractivity contribution in [3.05, 3.63) is 0 Å². The van der Waals surface area contributed by atoms with Gasteiger partial charge in [0.05, 0.1) is 37.0 Å². The normalized spacial score (nSPS) is 44.6. The zero-order chi connectivity index (χ0) is 32.1. The Morgan fingerprint density at radius 3 is 2.40 bits per heavy atom. The van der Waals surface area contributed by atoms with Gasteiger partial charge in [-0.15, -0.1) is 0 Å². The van der Waals surface area contributed by atoms with Crippen LogP contribution >= 0.6 is 0 Å². The van der Waals surface area contributed by atoms with Gasteiger partial charge < -0.3 is 83.1 Å². The first-order valence-electron chi connectivity index (χ1n) is 14.9. The first-order valence-corrected chi connectivity index (χ1v) is 14.9. The average molecular weight is 625 g/mol. The van der Waals surface area contributed by atoms with E-state index in [9.17, 15) is 40.5 Å². The van der Waals surface area contributed by atoms with Gasteiger partial charge in [0.15, 0.2) is 6.29 Å². The van der Waals surface area contributed by atoms with Gasteiger partial charge in [0.25, 0.3) is 0 Å². The molecule has 1 unspecified atom stereocenters. The Labute approximate surface area is 251 Å². The molecule has 0 bridgehead atoms. The number of nitrogens with two attached hydrogens (primary N) is 3. The molecule has 2 aliphatic heterocycles. The Balaban J connectivity index is 1.88. The molecule has 0 aromatic rings. The Morgan fingerprint density at radius 1 is 1.07 bits per heavy atom. The van der Waals surface area contributed by atoms with Crippen LogP contribution in [0, 0.1) is 5.92 Å². The number of aliphatic hydroxyl groups is 7. The summed E-state index contributed by atoms with van der Waals surface area (Å²) in [4.78, 5) is 12.7. The van der Waals surface area contributed by atoms with E-state index in [0.717, 1.165) is 0 Å². The molecule has 3 rings (SSSR count). The fraction of sp³-hybridized carbons (Fsp3) is 0.962. The first kappa shape index (κ1) is 36.3. The molecule has 252 valence electrons. The van der Waals surface area contributed by atoms with E-state index in [-0.39, 0.29) is 32.5 Å². The van der Waals surface area contributed by atoms with Crippen molar-refractivity contribution < 1.29 is 54.8 Å². The lowest BCUT2D eigenvalue weighted by atomic mass is 9.72. The Kier molecular flexibility index (Phi) is 13.5. The van der Waals surface area contributed by atoms with E-state index in [1.807, 2.05) is 0 Å². The highest BCUT2D eigenvalue weighted by Crippen LogP contribution is 2.37. The van der Waals surface area contributed by atoms with Crippen LogP contribution in [-0.2, 0) is 19.0 Å². The van der Waals surface area contributed by atoms with Crippen LogP contribution < -0.4 is 33.2 Å². The Morgan fingerprint density at radius 2 is 1.77 bits per heavy atom. The van der Waals surface area contributed by atoms with Crippen LogP contribution in [0.2, 0.25) is 0 Å². The van der Waals surface area contributed by atoms with Gasteiger partial charge in [0.2, 0.25) is 5.91 Å². The fourth-order valence-corrected chi connectivity index (χ4v) is 6.28. The predicted molar refractivity (Wildman–Crippen MR) is 151 cm³/mol. The molecule has 17 nitrogen and oxygen atoms in total. The van der Waals surface area contributed by atoms with Gasteiger partial charge in [-0.1, -0.05) is 0 Å². The van der Waals surface area contributed by atoms with Crippen LogP contribution in [0.3, 0.4) is 0 Å². The van der Waals surface area contributed by atoms with Crippen molar-refractivity contribution in [2.75, 3.05) is 39.8 Å². The SMILES string of the molecule is CN[C@@H]1[C@@H](O)[C@@H](O[C@H]2[C@H](NC(=O)[C@@H](O)CCN)C[C@H](N)C([C@H]3O[C@H](CNCCCN)[C@@H](O)[C@H](O)[C@H]3O)[C@@H]2O)OC[C@]1(C)O. The number of carbonyl (C=O) groups is 1. The molecule has 43 heavy (non-hydrogen) atoms. The molecule has 0 aromatic carbocycles. The second kappa shape index (κ2) is 15.9. The lowest BCUT2D eigenvalue weighted by Crippen LogP contribution is -2.71. The zero-order valence-electron chi connectivity index (χ0n) is 24.7. The minimum atomic E-state index is -1.64. The summed E-state index contributed by atoms with van der Waals surface area (Å²) in [6.45, 7) is 2.38. The van der Waals surface area contributed by atoms with Gasteiger partial charge >= 0.3 is 0 Å². The molecular formula is C26H52N6O11. The van der Waals surface area contributed by atoms with Crippen LogP contribution in [0.1, 0.15) is 26.2 Å². The molecule has 2 saturated heterocycles. The van der Waals surface area contributed by atoms with Gasteiger partial charge in [-0.05, 0) is 52.9 Å². The van der Waals surface area contributed by atoms with E-state index in [0.29, 0.717) is 19.5 Å². The highest BCUT2D eigenvalue weighted by molar-refractivity contribution is 5.80. The quantitative estimate of drug-likeness (QED) is 0.0847. The minimum Gasteiger partial charge on any atom is -0.390 e. The summed E-state index contributed by atoms with van der Waals surface area (Å²) in [5, 5.41) is 84.3. The third-order valence-electron chi connectivity index (χ3n) is 8.68. The molecule has 15 atom stereocenters. The summed E-state index contributed by atoms with van der Waals surface area (Å²) in [6, 6.07) is -2.81. The molecule has 0 aromatic heterocycles. The smallest absolute Gasteiger partial charge is 0.249 e. The molecule has 16 N–H and O–H groups in total. The summed E-state index contributed by atoms with van der Waals surface area (Å²) >= 11 is 0. The molecule has 3 fully saturated rings. The lowest BCUT2D eigenvalue weighted by molar-refractivity contribution is -0.303. The lowest BCUT2D eigenvalue weighted by Gasteiger charge is -2.52. The van der Waals surface area contributed by atoms with E-state index < -0.39 is 96.8 Å². The van der Waals surface area contributed by atoms with E-state index in [2.05, 4.69) is 16.0 Å². The highest BCUT2D eigenvalue weighted by atomic mass is 16.7. The number of hydrogen-bond donors (Lipinski definition) is 13. The van der Waals surface area contributed by atoms with Crippen LogP contribution in [0.25, 0.3) is 0 Å². The maximum absolute atomic E-state index is 12.7. The van der Waals surface area contributed by atoms with Crippen molar-refractivity contribution in [2.45, 2.75) is 111 Å². The molecule has 2 heterocycles. The number of ether oxygens (including phenoxy) is 3. The fourth-order valence-electron chi connectivity index (χ4n) is 6.28. The van der Waals surface area contributed by atoms with E-state index >= 15 is 0 Å². The van der Waals surface area contributed by atoms with Crippen molar-refractivity contribution in [1.29, 1.82) is 0 Å². The number of likely N-dealkylation sites (N-methyl/N-ethyl adjacent to an activating group) is 1. The van der Waals surface area contributed by atoms with Crippen LogP contribution in [0.4, 0.5) is 0 Å². The standard InChI is InChI=1S/C26H52N6O11/c1-26(40)10-41-25(20(38)23(26)30-2)43-21-12(32-24(39)13(33)4-6-28)8-11(29)15(17(21)35)22-19(37)18(36)16(34)14(42-22)9-31-7-3-5-27/h11-23,25,30-31,33-38,40H,3-10,27-29H2,1-2H3,(H,32,39)/t11-,12+,13-,14+,15?,16+,17-,18-,19+,20+,21-,22+,23+,25+,26-/m0/s1. The number of amides is 1. The molecule has 1 amide bonds. The molecule has 1 aliphatic carbocycles. The van der Waals surface area contributed by atoms with Gasteiger partial charge in [0.1, 0.15) is 42.2 Å². The molecule has 0 spiro atoms. The predicted octanol–water partition coefficient (Wildman–Crippen LogP) is -6.88. The van der Waals surface area contributed by atoms with Crippen LogP contribution in [0.15, 0.2) is 0 Å². The summed E-state index contributed by atoms with van der Waals surface area (Å²) in [5.41, 5.74) is 16.0. The number of rotatable bonds is 13. The number of nitrogens with one attached hydrogen (secondary N) is 3. The topological polar surface area (TPSA) is 301 Å². The average Bonchev–Trinajstić information content (AvgIpc) is 2.95. The zero-order valence-corrected chi connectivity index (χ0v) is 24.7. The maximum Gasteiger partial charge on any atom is 0.249 e. The largest absolute Gasteiger partial charge is 0.390 e. The number of hydrogen-bond acceptors (Lipinski definition) is 16. The first-order chi connectivity index (χ1) is 20.3. The second-order valence-electron chi connectivity index (χ2n) is 12.0. The molecule has 0 radical (unpaired) electrons. The Bertz CT molecular complexity index is 877. The molecule has 1 saturated carbocycles. The van der Waals surface area contributed by atoms with Crippen molar-refractivity contribution in [1.82, 2.24) is 16.0 Å². The van der Waals surface area contributed by atoms with Gasteiger partial charge in [-0.2, -0.15) is 0 Å². The Hall–Kier alpha value is -1.13. The third-order valence-corrected chi connectivity index (χ3v) is 8.68. The van der Waals surface area contributed by atoms with E-state index in [1.165, 1.54) is 6.92 Å². The minimum absolute atomic E-state index is 0.0201. The van der Waals surface area contributed by atoms with E-state index in [4.69, 9.17) is 31.4 Å². The van der Waals surface area contributed by atoms with Crippen molar-refractivity contribution in [3.8, 4) is 0 Å². The second-order valence-corrected chi connectivity index (χ2v) is 12.0. The van der Waals surface area contributed by atoms with Crippen LogP contribution in [-0.4, -0.2) is 166 Å². The summed E-state index contributed by atoms with van der Waals surface area (Å²) in [7, 11) is 1.54. The van der Waals surface area contributed by atoms with Crippen molar-refractivity contribution in [2.24, 2.45) is 23.1 Å². The third kappa shape index (κ3) is 8.37. The summed E-state index contributed by atoms with van der Waals surface area (Å²) in [6.07, 6.45) is -13.4. The monoisotopic (exact) mass is 624 g/mol. The number of aliphatic hydroxyl groups excluding tert-OH is 6. The maximum atomic E-state index is 12.7. The van der Waals surface area contributed by atoms with Gasteiger partial charge in [0, 0.05) is 18.5 Å². The summed E-state index contributed by atoms with van der Waals surface area (Å²) in [5.74, 6) is -1.86. The molecule has 17 heteroatoms. The highest BCUT2D eigenvalue weighted by Gasteiger charge is 2.56. The van der Waals surface area contributed by atoms with Crippen molar-refractivity contribution in [3.63, 3.8) is 0 Å². The summed E-state index contributed by atoms with van der Waals surface area (Å²) < 4.78 is 17.7.